The molecule has 1 aromatic carbocycles. The van der Waals surface area contributed by atoms with Crippen molar-refractivity contribution in [2.45, 2.75) is 25.8 Å². The van der Waals surface area contributed by atoms with Crippen LogP contribution in [0.2, 0.25) is 0 Å². The molecule has 1 aromatic rings. The van der Waals surface area contributed by atoms with Gasteiger partial charge in [0, 0.05) is 6.54 Å². The smallest absolute Gasteiger partial charge is 0.257 e. The Morgan fingerprint density at radius 2 is 2.35 bits per heavy atom. The number of carbonyl (C=O) groups is 1. The fourth-order valence-electron chi connectivity index (χ4n) is 2.26. The van der Waals surface area contributed by atoms with Crippen molar-refractivity contribution in [3.05, 3.63) is 35.1 Å². The van der Waals surface area contributed by atoms with Gasteiger partial charge in [-0.05, 0) is 31.4 Å². The summed E-state index contributed by atoms with van der Waals surface area (Å²) in [7, 11) is 0. The number of hydrogen-bond acceptors (Lipinski definition) is 2. The van der Waals surface area contributed by atoms with E-state index in [2.05, 4.69) is 0 Å². The second-order valence-corrected chi connectivity index (χ2v) is 4.41. The molecule has 17 heavy (non-hydrogen) atoms. The standard InChI is InChI=1S/C13H16FNO2/c1-9-4-2-6-11(12(9)14)13(17)15-7-3-5-10(15)8-16/h2,4,6,10,16H,3,5,7-8H2,1H3/t10-/m1/s1. The Kier molecular flexibility index (Phi) is 3.43. The van der Waals surface area contributed by atoms with Crippen LogP contribution in [-0.2, 0) is 0 Å². The van der Waals surface area contributed by atoms with Gasteiger partial charge in [-0.15, -0.1) is 0 Å². The molecule has 0 aromatic heterocycles. The first-order chi connectivity index (χ1) is 8.15. The maximum absolute atomic E-state index is 13.8. The van der Waals surface area contributed by atoms with Crippen LogP contribution < -0.4 is 0 Å². The lowest BCUT2D eigenvalue weighted by molar-refractivity contribution is 0.0672. The Bertz CT molecular complexity index is 433. The molecule has 4 heteroatoms. The summed E-state index contributed by atoms with van der Waals surface area (Å²) in [6, 6.07) is 4.65. The van der Waals surface area contributed by atoms with E-state index in [0.29, 0.717) is 12.1 Å². The summed E-state index contributed by atoms with van der Waals surface area (Å²) in [5.74, 6) is -0.774. The molecule has 0 bridgehead atoms. The molecule has 92 valence electrons. The van der Waals surface area contributed by atoms with Crippen molar-refractivity contribution in [3.8, 4) is 0 Å². The van der Waals surface area contributed by atoms with Gasteiger partial charge >= 0.3 is 0 Å². The third-order valence-electron chi connectivity index (χ3n) is 3.27. The average molecular weight is 237 g/mol. The number of nitrogens with zero attached hydrogens (tertiary/aromatic N) is 1. The largest absolute Gasteiger partial charge is 0.394 e. The Balaban J connectivity index is 2.28. The molecule has 1 atom stereocenters. The highest BCUT2D eigenvalue weighted by Crippen LogP contribution is 2.21. The summed E-state index contributed by atoms with van der Waals surface area (Å²) in [4.78, 5) is 13.7. The van der Waals surface area contributed by atoms with Gasteiger partial charge in [0.05, 0.1) is 18.2 Å². The molecule has 1 saturated heterocycles. The van der Waals surface area contributed by atoms with Crippen LogP contribution in [0.25, 0.3) is 0 Å². The van der Waals surface area contributed by atoms with Crippen LogP contribution >= 0.6 is 0 Å². The summed E-state index contributed by atoms with van der Waals surface area (Å²) in [6.45, 7) is 2.18. The normalized spacial score (nSPS) is 19.7. The number of aliphatic hydroxyl groups is 1. The van der Waals surface area contributed by atoms with E-state index in [4.69, 9.17) is 5.11 Å². The average Bonchev–Trinajstić information content (AvgIpc) is 2.80. The van der Waals surface area contributed by atoms with Crippen LogP contribution in [0.3, 0.4) is 0 Å². The van der Waals surface area contributed by atoms with E-state index in [0.717, 1.165) is 12.8 Å². The SMILES string of the molecule is Cc1cccc(C(=O)N2CCC[C@@H]2CO)c1F. The van der Waals surface area contributed by atoms with Gasteiger partial charge in [-0.2, -0.15) is 0 Å². The first-order valence-corrected chi connectivity index (χ1v) is 5.82. The number of likely N-dealkylation sites (tertiary alicyclic amines) is 1. The highest BCUT2D eigenvalue weighted by atomic mass is 19.1. The highest BCUT2D eigenvalue weighted by Gasteiger charge is 2.30. The first-order valence-electron chi connectivity index (χ1n) is 5.82. The molecule has 0 unspecified atom stereocenters. The molecule has 1 aliphatic heterocycles. The van der Waals surface area contributed by atoms with E-state index >= 15 is 0 Å². The lowest BCUT2D eigenvalue weighted by Crippen LogP contribution is -2.38. The maximum Gasteiger partial charge on any atom is 0.257 e. The molecular weight excluding hydrogens is 221 g/mol. The van der Waals surface area contributed by atoms with Crippen LogP contribution in [0.15, 0.2) is 18.2 Å². The molecule has 3 nitrogen and oxygen atoms in total. The number of halogens is 1. The van der Waals surface area contributed by atoms with Crippen LogP contribution in [0, 0.1) is 12.7 Å². The molecule has 0 saturated carbocycles. The number of hydrogen-bond donors (Lipinski definition) is 1. The van der Waals surface area contributed by atoms with E-state index < -0.39 is 5.82 Å². The van der Waals surface area contributed by atoms with Crippen molar-refractivity contribution in [2.24, 2.45) is 0 Å². The van der Waals surface area contributed by atoms with E-state index in [1.807, 2.05) is 0 Å². The zero-order valence-electron chi connectivity index (χ0n) is 9.82. The molecule has 0 spiro atoms. The zero-order valence-corrected chi connectivity index (χ0v) is 9.82. The van der Waals surface area contributed by atoms with Crippen molar-refractivity contribution in [3.63, 3.8) is 0 Å². The van der Waals surface area contributed by atoms with Gasteiger partial charge < -0.3 is 10.0 Å². The third kappa shape index (κ3) is 2.17. The number of aryl methyl sites for hydroxylation is 1. The summed E-state index contributed by atoms with van der Waals surface area (Å²) < 4.78 is 13.8. The van der Waals surface area contributed by atoms with Crippen molar-refractivity contribution >= 4 is 5.91 Å². The Morgan fingerprint density at radius 1 is 1.59 bits per heavy atom. The molecule has 1 amide bonds. The van der Waals surface area contributed by atoms with Gasteiger partial charge in [-0.25, -0.2) is 4.39 Å². The van der Waals surface area contributed by atoms with Crippen LogP contribution in [0.4, 0.5) is 4.39 Å². The van der Waals surface area contributed by atoms with Crippen molar-refractivity contribution in [2.75, 3.05) is 13.2 Å². The number of benzene rings is 1. The summed E-state index contributed by atoms with van der Waals surface area (Å²) in [6.07, 6.45) is 1.65. The minimum absolute atomic E-state index is 0.0564. The van der Waals surface area contributed by atoms with Crippen molar-refractivity contribution < 1.29 is 14.3 Å². The third-order valence-corrected chi connectivity index (χ3v) is 3.27. The van der Waals surface area contributed by atoms with Gasteiger partial charge in [0.15, 0.2) is 0 Å². The minimum Gasteiger partial charge on any atom is -0.394 e. The van der Waals surface area contributed by atoms with E-state index in [1.54, 1.807) is 24.0 Å². The second-order valence-electron chi connectivity index (χ2n) is 4.41. The fraction of sp³-hybridized carbons (Fsp3) is 0.462. The van der Waals surface area contributed by atoms with Crippen molar-refractivity contribution in [1.29, 1.82) is 0 Å². The number of aliphatic hydroxyl groups excluding tert-OH is 1. The van der Waals surface area contributed by atoms with E-state index in [-0.39, 0.29) is 24.1 Å². The summed E-state index contributed by atoms with van der Waals surface area (Å²) >= 11 is 0. The minimum atomic E-state index is -0.457. The lowest BCUT2D eigenvalue weighted by Gasteiger charge is -2.23. The predicted octanol–water partition coefficient (Wildman–Crippen LogP) is 1.73. The number of carbonyl (C=O) groups excluding carboxylic acids is 1. The molecule has 1 heterocycles. The highest BCUT2D eigenvalue weighted by molar-refractivity contribution is 5.95. The van der Waals surface area contributed by atoms with E-state index in [1.165, 1.54) is 6.07 Å². The molecule has 2 rings (SSSR count). The molecule has 1 N–H and O–H groups in total. The quantitative estimate of drug-likeness (QED) is 0.851. The van der Waals surface area contributed by atoms with Gasteiger partial charge in [0.25, 0.3) is 5.91 Å². The maximum atomic E-state index is 13.8. The Morgan fingerprint density at radius 3 is 3.06 bits per heavy atom. The molecular formula is C13H16FNO2. The van der Waals surface area contributed by atoms with Crippen LogP contribution in [0.1, 0.15) is 28.8 Å². The molecule has 1 aliphatic rings. The van der Waals surface area contributed by atoms with Gasteiger partial charge in [-0.1, -0.05) is 12.1 Å². The summed E-state index contributed by atoms with van der Waals surface area (Å²) in [5.41, 5.74) is 0.570. The fourth-order valence-corrected chi connectivity index (χ4v) is 2.26. The topological polar surface area (TPSA) is 40.5 Å². The van der Waals surface area contributed by atoms with Crippen LogP contribution in [0.5, 0.6) is 0 Å². The summed E-state index contributed by atoms with van der Waals surface area (Å²) in [5, 5.41) is 9.17. The Labute approximate surface area is 99.9 Å². The molecule has 0 radical (unpaired) electrons. The molecule has 1 fully saturated rings. The number of rotatable bonds is 2. The number of amides is 1. The second kappa shape index (κ2) is 4.84. The van der Waals surface area contributed by atoms with E-state index in [9.17, 15) is 9.18 Å². The van der Waals surface area contributed by atoms with Gasteiger partial charge in [-0.3, -0.25) is 4.79 Å². The van der Waals surface area contributed by atoms with Gasteiger partial charge in [0.2, 0.25) is 0 Å². The predicted molar refractivity (Wildman–Crippen MR) is 62.3 cm³/mol. The zero-order chi connectivity index (χ0) is 12.4. The Hall–Kier alpha value is -1.42. The van der Waals surface area contributed by atoms with Crippen LogP contribution in [-0.4, -0.2) is 35.1 Å². The monoisotopic (exact) mass is 237 g/mol. The molecule has 0 aliphatic carbocycles. The van der Waals surface area contributed by atoms with Gasteiger partial charge in [0.1, 0.15) is 5.82 Å². The first kappa shape index (κ1) is 12.0. The van der Waals surface area contributed by atoms with Crippen molar-refractivity contribution in [1.82, 2.24) is 4.90 Å². The lowest BCUT2D eigenvalue weighted by atomic mass is 10.1.